The molecule has 0 atom stereocenters. The first-order valence-corrected chi connectivity index (χ1v) is 13.1. The maximum atomic E-state index is 4.41. The quantitative estimate of drug-likeness (QED) is 0.235. The predicted molar refractivity (Wildman–Crippen MR) is 169 cm³/mol. The first-order valence-electron chi connectivity index (χ1n) is 13.1. The molecule has 3 aromatic rings. The molecule has 190 valence electrons. The van der Waals surface area contributed by atoms with Crippen LogP contribution in [0.2, 0.25) is 0 Å². The van der Waals surface area contributed by atoms with Crippen molar-refractivity contribution in [3.05, 3.63) is 185 Å². The number of hydrogen-bond donors (Lipinski definition) is 0. The first-order chi connectivity index (χ1) is 18.6. The van der Waals surface area contributed by atoms with E-state index in [2.05, 4.69) is 131 Å². The van der Waals surface area contributed by atoms with E-state index in [0.29, 0.717) is 0 Å². The Labute approximate surface area is 229 Å². The number of benzene rings is 3. The van der Waals surface area contributed by atoms with Gasteiger partial charge in [-0.15, -0.1) is 0 Å². The van der Waals surface area contributed by atoms with Crippen molar-refractivity contribution in [3.63, 3.8) is 0 Å². The lowest BCUT2D eigenvalue weighted by atomic mass is 9.83. The first kappa shape index (κ1) is 28.2. The van der Waals surface area contributed by atoms with Gasteiger partial charge in [-0.3, -0.25) is 0 Å². The van der Waals surface area contributed by atoms with Crippen LogP contribution in [0.1, 0.15) is 36.1 Å². The molecule has 0 saturated carbocycles. The molecule has 0 radical (unpaired) electrons. The molecule has 0 aromatic heterocycles. The van der Waals surface area contributed by atoms with Gasteiger partial charge in [0.1, 0.15) is 0 Å². The molecule has 3 aromatic carbocycles. The molecular formula is C38H38. The zero-order chi connectivity index (χ0) is 27.3. The van der Waals surface area contributed by atoms with Gasteiger partial charge >= 0.3 is 0 Å². The highest BCUT2D eigenvalue weighted by atomic mass is 14.2. The minimum atomic E-state index is 0.752. The van der Waals surface area contributed by atoms with Gasteiger partial charge in [-0.1, -0.05) is 148 Å². The van der Waals surface area contributed by atoms with Gasteiger partial charge in [-0.05, 0) is 81.7 Å². The van der Waals surface area contributed by atoms with Crippen molar-refractivity contribution < 1.29 is 0 Å². The van der Waals surface area contributed by atoms with Crippen LogP contribution in [0.25, 0.3) is 17.7 Å². The van der Waals surface area contributed by atoms with Crippen LogP contribution in [0.4, 0.5) is 0 Å². The summed E-state index contributed by atoms with van der Waals surface area (Å²) in [6, 6.07) is 25.7. The molecule has 3 rings (SSSR count). The molecule has 0 aliphatic carbocycles. The molecule has 0 heterocycles. The second kappa shape index (κ2) is 14.4. The maximum absolute atomic E-state index is 4.41. The van der Waals surface area contributed by atoms with Crippen LogP contribution in [-0.2, 0) is 12.8 Å². The third-order valence-corrected chi connectivity index (χ3v) is 6.57. The van der Waals surface area contributed by atoms with Gasteiger partial charge in [-0.25, -0.2) is 0 Å². The summed E-state index contributed by atoms with van der Waals surface area (Å²) in [5, 5.41) is 2.09. The fourth-order valence-corrected chi connectivity index (χ4v) is 4.74. The van der Waals surface area contributed by atoms with E-state index in [9.17, 15) is 0 Å². The van der Waals surface area contributed by atoms with Gasteiger partial charge in [0.05, 0.1) is 0 Å². The van der Waals surface area contributed by atoms with E-state index < -0.39 is 0 Å². The summed E-state index contributed by atoms with van der Waals surface area (Å²) in [5.74, 6) is 0. The summed E-state index contributed by atoms with van der Waals surface area (Å²) >= 11 is 0. The maximum Gasteiger partial charge on any atom is -0.00198 e. The zero-order valence-corrected chi connectivity index (χ0v) is 22.8. The lowest BCUT2D eigenvalue weighted by Gasteiger charge is -2.20. The lowest BCUT2D eigenvalue weighted by molar-refractivity contribution is 1.17. The number of allylic oxidation sites excluding steroid dienone is 11. The number of hydrogen-bond acceptors (Lipinski definition) is 0. The van der Waals surface area contributed by atoms with Crippen LogP contribution in [0.5, 0.6) is 0 Å². The van der Waals surface area contributed by atoms with E-state index in [0.717, 1.165) is 40.0 Å². The smallest absolute Gasteiger partial charge is 0.00198 e. The van der Waals surface area contributed by atoms with Gasteiger partial charge < -0.3 is 0 Å². The van der Waals surface area contributed by atoms with Crippen molar-refractivity contribution in [2.45, 2.75) is 26.7 Å². The van der Waals surface area contributed by atoms with E-state index in [1.54, 1.807) is 0 Å². The summed E-state index contributed by atoms with van der Waals surface area (Å²) in [6.07, 6.45) is 17.8. The number of rotatable bonds is 11. The molecule has 0 nitrogen and oxygen atoms in total. The van der Waals surface area contributed by atoms with E-state index in [1.807, 2.05) is 30.4 Å². The Morgan fingerprint density at radius 2 is 1.26 bits per heavy atom. The van der Waals surface area contributed by atoms with Crippen molar-refractivity contribution in [1.82, 2.24) is 0 Å². The SMILES string of the molecule is C=C/C=C(\C=C)Cc1ccccc1C(/C(=C/C=C)c1ccccc1CC(/C=C\C)=C/C)=c1/ccccc1=C. The van der Waals surface area contributed by atoms with Crippen LogP contribution in [-0.4, -0.2) is 0 Å². The third kappa shape index (κ3) is 6.87. The Morgan fingerprint density at radius 3 is 1.87 bits per heavy atom. The fourth-order valence-electron chi connectivity index (χ4n) is 4.74. The molecule has 0 spiro atoms. The lowest BCUT2D eigenvalue weighted by Crippen LogP contribution is -2.26. The van der Waals surface area contributed by atoms with Gasteiger partial charge in [0.2, 0.25) is 0 Å². The minimum Gasteiger partial charge on any atom is -0.0991 e. The highest BCUT2D eigenvalue weighted by molar-refractivity contribution is 6.06. The van der Waals surface area contributed by atoms with Crippen LogP contribution < -0.4 is 10.4 Å². The molecule has 0 unspecified atom stereocenters. The van der Waals surface area contributed by atoms with Crippen molar-refractivity contribution in [1.29, 1.82) is 0 Å². The Balaban J connectivity index is 2.40. The van der Waals surface area contributed by atoms with Gasteiger partial charge in [0, 0.05) is 0 Å². The van der Waals surface area contributed by atoms with Gasteiger partial charge in [0.25, 0.3) is 0 Å². The zero-order valence-electron chi connectivity index (χ0n) is 22.8. The van der Waals surface area contributed by atoms with E-state index >= 15 is 0 Å². The largest absolute Gasteiger partial charge is 0.0991 e. The topological polar surface area (TPSA) is 0 Å². The summed E-state index contributed by atoms with van der Waals surface area (Å²) in [4.78, 5) is 0. The molecule has 0 aliphatic heterocycles. The monoisotopic (exact) mass is 494 g/mol. The highest BCUT2D eigenvalue weighted by Crippen LogP contribution is 2.34. The van der Waals surface area contributed by atoms with Crippen LogP contribution >= 0.6 is 0 Å². The fraction of sp³-hybridized carbons (Fsp3) is 0.105. The van der Waals surface area contributed by atoms with Crippen LogP contribution in [0.3, 0.4) is 0 Å². The molecule has 38 heavy (non-hydrogen) atoms. The van der Waals surface area contributed by atoms with E-state index in [4.69, 9.17) is 0 Å². The second-order valence-corrected chi connectivity index (χ2v) is 9.06. The predicted octanol–water partition coefficient (Wildman–Crippen LogP) is 8.47. The van der Waals surface area contributed by atoms with E-state index in [-0.39, 0.29) is 0 Å². The highest BCUT2D eigenvalue weighted by Gasteiger charge is 2.18. The molecule has 0 saturated heterocycles. The summed E-state index contributed by atoms with van der Waals surface area (Å²) < 4.78 is 0. The van der Waals surface area contributed by atoms with Crippen molar-refractivity contribution in [2.75, 3.05) is 0 Å². The average molecular weight is 495 g/mol. The van der Waals surface area contributed by atoms with Gasteiger partial charge in [0.15, 0.2) is 0 Å². The van der Waals surface area contributed by atoms with Crippen LogP contribution in [0.15, 0.2) is 152 Å². The third-order valence-electron chi connectivity index (χ3n) is 6.57. The summed E-state index contributed by atoms with van der Waals surface area (Å²) in [7, 11) is 0. The van der Waals surface area contributed by atoms with Crippen molar-refractivity contribution in [2.24, 2.45) is 0 Å². The molecule has 0 amide bonds. The standard InChI is InChI=1S/C38H38/c1-7-18-30(10-4)27-32-22-13-16-25-35(32)37(20-9-3)38(34-24-15-12-21-29(34)6)36-26-17-14-23-33(36)28-31(11-5)19-8-2/h7-26H,2-3,5-6,27-28H2,1,4H3/b18-7-,30-10+,31-19+,37-20+,38-34+. The molecule has 0 fully saturated rings. The Morgan fingerprint density at radius 1 is 0.684 bits per heavy atom. The Kier molecular flexibility index (Phi) is 10.6. The molecule has 0 N–H and O–H groups in total. The summed E-state index contributed by atoms with van der Waals surface area (Å²) in [5.41, 5.74) is 9.52. The van der Waals surface area contributed by atoms with Crippen molar-refractivity contribution in [3.8, 4) is 0 Å². The Bertz CT molecular complexity index is 1530. The minimum absolute atomic E-state index is 0.752. The normalized spacial score (nSPS) is 13.4. The van der Waals surface area contributed by atoms with Crippen LogP contribution in [0, 0.1) is 0 Å². The average Bonchev–Trinajstić information content (AvgIpc) is 2.94. The second-order valence-electron chi connectivity index (χ2n) is 9.06. The Hall–Kier alpha value is -4.42. The van der Waals surface area contributed by atoms with Crippen molar-refractivity contribution >= 4 is 17.7 Å². The molecular weight excluding hydrogens is 456 g/mol. The van der Waals surface area contributed by atoms with Gasteiger partial charge in [-0.2, -0.15) is 0 Å². The molecule has 0 bridgehead atoms. The summed E-state index contributed by atoms with van der Waals surface area (Å²) in [6.45, 7) is 20.6. The molecule has 0 heteroatoms. The van der Waals surface area contributed by atoms with E-state index in [1.165, 1.54) is 27.8 Å². The molecule has 0 aliphatic rings.